The van der Waals surface area contributed by atoms with Crippen LogP contribution in [0.25, 0.3) is 0 Å². The van der Waals surface area contributed by atoms with Crippen LogP contribution in [0, 0.1) is 0 Å². The van der Waals surface area contributed by atoms with E-state index in [-0.39, 0.29) is 6.10 Å². The topological polar surface area (TPSA) is 29.5 Å². The van der Waals surface area contributed by atoms with Gasteiger partial charge in [0, 0.05) is 16.5 Å². The third-order valence-electron chi connectivity index (χ3n) is 2.99. The molecule has 1 heterocycles. The smallest absolute Gasteiger partial charge is 0.125 e. The number of hydrogen-bond acceptors (Lipinski definition) is 3. The van der Waals surface area contributed by atoms with Gasteiger partial charge in [-0.3, -0.25) is 0 Å². The standard InChI is InChI=1S/C13H17BrO2S/c1-17-6-2-3-10-8-12(15)11-7-9(14)4-5-13(11)16-10/h4-5,7,10,12,15H,2-3,6,8H2,1H3. The summed E-state index contributed by atoms with van der Waals surface area (Å²) in [6, 6.07) is 5.83. The zero-order chi connectivity index (χ0) is 12.3. The molecule has 0 aliphatic carbocycles. The fourth-order valence-corrected chi connectivity index (χ4v) is 2.96. The Hall–Kier alpha value is -0.190. The Morgan fingerprint density at radius 3 is 3.12 bits per heavy atom. The second-order valence-electron chi connectivity index (χ2n) is 4.31. The van der Waals surface area contributed by atoms with E-state index in [1.807, 2.05) is 30.0 Å². The normalized spacial score (nSPS) is 23.0. The fraction of sp³-hybridized carbons (Fsp3) is 0.538. The summed E-state index contributed by atoms with van der Waals surface area (Å²) in [5.41, 5.74) is 0.903. The molecule has 2 rings (SSSR count). The molecule has 2 unspecified atom stereocenters. The maximum absolute atomic E-state index is 10.1. The van der Waals surface area contributed by atoms with E-state index in [1.54, 1.807) is 0 Å². The summed E-state index contributed by atoms with van der Waals surface area (Å²) in [6.07, 6.45) is 4.75. The summed E-state index contributed by atoms with van der Waals surface area (Å²) in [7, 11) is 0. The van der Waals surface area contributed by atoms with Crippen molar-refractivity contribution in [2.24, 2.45) is 0 Å². The second kappa shape index (κ2) is 6.12. The Labute approximate surface area is 115 Å². The molecular weight excluding hydrogens is 300 g/mol. The monoisotopic (exact) mass is 316 g/mol. The van der Waals surface area contributed by atoms with Crippen LogP contribution in [0.1, 0.15) is 30.9 Å². The molecule has 94 valence electrons. The summed E-state index contributed by atoms with van der Waals surface area (Å²) >= 11 is 5.27. The highest BCUT2D eigenvalue weighted by atomic mass is 79.9. The predicted octanol–water partition coefficient (Wildman–Crippen LogP) is 3.78. The number of ether oxygens (including phenoxy) is 1. The first-order valence-electron chi connectivity index (χ1n) is 5.84. The van der Waals surface area contributed by atoms with Gasteiger partial charge in [0.1, 0.15) is 11.9 Å². The molecule has 0 amide bonds. The quantitative estimate of drug-likeness (QED) is 0.857. The maximum Gasteiger partial charge on any atom is 0.125 e. The molecule has 1 aromatic rings. The summed E-state index contributed by atoms with van der Waals surface area (Å²) in [4.78, 5) is 0. The third kappa shape index (κ3) is 3.39. The molecule has 0 saturated heterocycles. The van der Waals surface area contributed by atoms with E-state index in [0.717, 1.165) is 34.4 Å². The largest absolute Gasteiger partial charge is 0.490 e. The third-order valence-corrected chi connectivity index (χ3v) is 4.18. The molecule has 1 aliphatic heterocycles. The average Bonchev–Trinajstić information content (AvgIpc) is 2.31. The number of benzene rings is 1. The molecule has 1 aliphatic rings. The van der Waals surface area contributed by atoms with Crippen molar-refractivity contribution in [2.75, 3.05) is 12.0 Å². The zero-order valence-corrected chi connectivity index (χ0v) is 12.3. The lowest BCUT2D eigenvalue weighted by Gasteiger charge is -2.29. The number of fused-ring (bicyclic) bond motifs is 1. The molecule has 2 nitrogen and oxygen atoms in total. The van der Waals surface area contributed by atoms with Gasteiger partial charge in [0.2, 0.25) is 0 Å². The first-order valence-corrected chi connectivity index (χ1v) is 8.02. The number of aliphatic hydroxyl groups excluding tert-OH is 1. The van der Waals surface area contributed by atoms with Crippen molar-refractivity contribution in [1.82, 2.24) is 0 Å². The predicted molar refractivity (Wildman–Crippen MR) is 75.8 cm³/mol. The number of aliphatic hydroxyl groups is 1. The van der Waals surface area contributed by atoms with Crippen LogP contribution in [-0.4, -0.2) is 23.2 Å². The Balaban J connectivity index is 2.03. The van der Waals surface area contributed by atoms with E-state index >= 15 is 0 Å². The molecule has 0 fully saturated rings. The first kappa shape index (κ1) is 13.2. The number of thioether (sulfide) groups is 1. The Morgan fingerprint density at radius 1 is 1.53 bits per heavy atom. The lowest BCUT2D eigenvalue weighted by molar-refractivity contribution is 0.0616. The van der Waals surface area contributed by atoms with Gasteiger partial charge in [-0.25, -0.2) is 0 Å². The van der Waals surface area contributed by atoms with Gasteiger partial charge >= 0.3 is 0 Å². The molecule has 0 bridgehead atoms. The molecule has 0 aromatic heterocycles. The van der Waals surface area contributed by atoms with Gasteiger partial charge in [0.25, 0.3) is 0 Å². The van der Waals surface area contributed by atoms with Crippen molar-refractivity contribution >= 4 is 27.7 Å². The molecule has 4 heteroatoms. The van der Waals surface area contributed by atoms with Gasteiger partial charge in [-0.05, 0) is 43.0 Å². The first-order chi connectivity index (χ1) is 8.20. The second-order valence-corrected chi connectivity index (χ2v) is 6.21. The van der Waals surface area contributed by atoms with Gasteiger partial charge in [-0.1, -0.05) is 15.9 Å². The van der Waals surface area contributed by atoms with E-state index in [4.69, 9.17) is 4.74 Å². The van der Waals surface area contributed by atoms with E-state index in [1.165, 1.54) is 0 Å². The lowest BCUT2D eigenvalue weighted by Crippen LogP contribution is -2.25. The van der Waals surface area contributed by atoms with E-state index in [9.17, 15) is 5.11 Å². The van der Waals surface area contributed by atoms with Crippen LogP contribution in [0.4, 0.5) is 0 Å². The van der Waals surface area contributed by atoms with Crippen molar-refractivity contribution in [2.45, 2.75) is 31.5 Å². The van der Waals surface area contributed by atoms with Gasteiger partial charge < -0.3 is 9.84 Å². The zero-order valence-electron chi connectivity index (χ0n) is 9.86. The van der Waals surface area contributed by atoms with Crippen LogP contribution in [0.2, 0.25) is 0 Å². The number of rotatable bonds is 4. The van der Waals surface area contributed by atoms with Crippen molar-refractivity contribution in [3.8, 4) is 5.75 Å². The highest BCUT2D eigenvalue weighted by Crippen LogP contribution is 2.37. The molecule has 17 heavy (non-hydrogen) atoms. The molecular formula is C13H17BrO2S. The summed E-state index contributed by atoms with van der Waals surface area (Å²) < 4.78 is 6.90. The SMILES string of the molecule is CSCCCC1CC(O)c2cc(Br)ccc2O1. The van der Waals surface area contributed by atoms with Crippen LogP contribution in [0.3, 0.4) is 0 Å². The van der Waals surface area contributed by atoms with Gasteiger partial charge in [-0.2, -0.15) is 11.8 Å². The molecule has 1 aromatic carbocycles. The minimum atomic E-state index is -0.393. The van der Waals surface area contributed by atoms with Crippen LogP contribution in [0.5, 0.6) is 5.75 Å². The summed E-state index contributed by atoms with van der Waals surface area (Å²) in [5, 5.41) is 10.1. The number of hydrogen-bond donors (Lipinski definition) is 1. The van der Waals surface area contributed by atoms with Crippen LogP contribution in [0.15, 0.2) is 22.7 Å². The summed E-state index contributed by atoms with van der Waals surface area (Å²) in [6.45, 7) is 0. The Kier molecular flexibility index (Phi) is 4.77. The van der Waals surface area contributed by atoms with Crippen molar-refractivity contribution in [3.05, 3.63) is 28.2 Å². The minimum absolute atomic E-state index is 0.158. The Morgan fingerprint density at radius 2 is 2.35 bits per heavy atom. The number of halogens is 1. The van der Waals surface area contributed by atoms with Gasteiger partial charge in [0.05, 0.1) is 6.10 Å². The van der Waals surface area contributed by atoms with Gasteiger partial charge in [-0.15, -0.1) is 0 Å². The maximum atomic E-state index is 10.1. The molecule has 0 saturated carbocycles. The average molecular weight is 317 g/mol. The molecule has 1 N–H and O–H groups in total. The van der Waals surface area contributed by atoms with E-state index < -0.39 is 6.10 Å². The Bertz CT molecular complexity index is 384. The molecule has 0 spiro atoms. The fourth-order valence-electron chi connectivity index (χ4n) is 2.12. The summed E-state index contributed by atoms with van der Waals surface area (Å²) in [5.74, 6) is 1.99. The van der Waals surface area contributed by atoms with Crippen LogP contribution < -0.4 is 4.74 Å². The minimum Gasteiger partial charge on any atom is -0.490 e. The van der Waals surface area contributed by atoms with E-state index in [2.05, 4.69) is 22.2 Å². The van der Waals surface area contributed by atoms with Gasteiger partial charge in [0.15, 0.2) is 0 Å². The van der Waals surface area contributed by atoms with Crippen LogP contribution in [-0.2, 0) is 0 Å². The van der Waals surface area contributed by atoms with Crippen molar-refractivity contribution in [1.29, 1.82) is 0 Å². The highest BCUT2D eigenvalue weighted by molar-refractivity contribution is 9.10. The van der Waals surface area contributed by atoms with Crippen molar-refractivity contribution in [3.63, 3.8) is 0 Å². The van der Waals surface area contributed by atoms with Crippen LogP contribution >= 0.6 is 27.7 Å². The lowest BCUT2D eigenvalue weighted by atomic mass is 9.97. The van der Waals surface area contributed by atoms with E-state index in [0.29, 0.717) is 6.42 Å². The van der Waals surface area contributed by atoms with Crippen molar-refractivity contribution < 1.29 is 9.84 Å². The highest BCUT2D eigenvalue weighted by Gasteiger charge is 2.26. The molecule has 0 radical (unpaired) electrons. The molecule has 2 atom stereocenters.